The van der Waals surface area contributed by atoms with Gasteiger partial charge in [-0.2, -0.15) is 0 Å². The molecule has 3 rings (SSSR count). The number of Topliss-reactive ketones (excluding diaryl/α,β-unsaturated/α-hetero) is 1. The Hall–Kier alpha value is -2.37. The van der Waals surface area contributed by atoms with Crippen LogP contribution in [0.15, 0.2) is 48.5 Å². The normalized spacial score (nSPS) is 20.5. The zero-order chi connectivity index (χ0) is 20.1. The lowest BCUT2D eigenvalue weighted by molar-refractivity contribution is -0.924. The van der Waals surface area contributed by atoms with E-state index in [0.29, 0.717) is 29.3 Å². The molecule has 0 aromatic heterocycles. The molecular formula is C22H26ClN2O3+. The number of amides is 1. The molecule has 2 N–H and O–H groups in total. The van der Waals surface area contributed by atoms with Crippen LogP contribution in [-0.2, 0) is 15.1 Å². The van der Waals surface area contributed by atoms with Crippen LogP contribution in [0.5, 0.6) is 5.75 Å². The third kappa shape index (κ3) is 4.05. The Labute approximate surface area is 170 Å². The molecule has 0 saturated heterocycles. The van der Waals surface area contributed by atoms with Gasteiger partial charge in [-0.05, 0) is 31.0 Å². The van der Waals surface area contributed by atoms with E-state index in [1.165, 1.54) is 0 Å². The van der Waals surface area contributed by atoms with E-state index in [1.54, 1.807) is 13.2 Å². The standard InChI is InChI=1S/C22H25ClN2O3/c1-25(15-21(27)24-16-8-7-9-17(14-16)28-2)22(13-6-5-12-20(22)26)18-10-3-4-11-19(18)23/h3-4,7-11,14H,5-6,12-13,15H2,1-2H3,(H,24,27)/p+1/t22-/m0/s1. The lowest BCUT2D eigenvalue weighted by Crippen LogP contribution is -3.18. The highest BCUT2D eigenvalue weighted by atomic mass is 35.5. The lowest BCUT2D eigenvalue weighted by Gasteiger charge is -2.40. The maximum absolute atomic E-state index is 13.1. The summed E-state index contributed by atoms with van der Waals surface area (Å²) in [7, 11) is 3.48. The maximum atomic E-state index is 13.1. The lowest BCUT2D eigenvalue weighted by atomic mass is 9.74. The van der Waals surface area contributed by atoms with Crippen molar-refractivity contribution in [2.24, 2.45) is 0 Å². The molecule has 0 bridgehead atoms. The molecule has 2 aromatic rings. The minimum absolute atomic E-state index is 0.151. The van der Waals surface area contributed by atoms with Gasteiger partial charge in [0, 0.05) is 30.2 Å². The minimum Gasteiger partial charge on any atom is -0.497 e. The summed E-state index contributed by atoms with van der Waals surface area (Å²) >= 11 is 6.48. The monoisotopic (exact) mass is 401 g/mol. The van der Waals surface area contributed by atoms with Gasteiger partial charge in [-0.25, -0.2) is 0 Å². The topological polar surface area (TPSA) is 59.8 Å². The number of carbonyl (C=O) groups excluding carboxylic acids is 2. The Balaban J connectivity index is 1.84. The molecule has 0 radical (unpaired) electrons. The van der Waals surface area contributed by atoms with Crippen molar-refractivity contribution in [3.8, 4) is 5.75 Å². The molecule has 1 unspecified atom stereocenters. The molecule has 148 valence electrons. The van der Waals surface area contributed by atoms with Crippen LogP contribution in [0.25, 0.3) is 0 Å². The number of ketones is 1. The van der Waals surface area contributed by atoms with Gasteiger partial charge in [0.15, 0.2) is 17.9 Å². The van der Waals surface area contributed by atoms with Gasteiger partial charge in [0.1, 0.15) is 5.75 Å². The van der Waals surface area contributed by atoms with Crippen molar-refractivity contribution in [2.45, 2.75) is 31.2 Å². The van der Waals surface area contributed by atoms with Crippen molar-refractivity contribution in [3.05, 3.63) is 59.1 Å². The van der Waals surface area contributed by atoms with Crippen LogP contribution in [0.4, 0.5) is 5.69 Å². The molecular weight excluding hydrogens is 376 g/mol. The first-order chi connectivity index (χ1) is 13.5. The fourth-order valence-corrected chi connectivity index (χ4v) is 4.40. The zero-order valence-corrected chi connectivity index (χ0v) is 17.0. The highest BCUT2D eigenvalue weighted by Gasteiger charge is 2.50. The molecule has 5 nitrogen and oxygen atoms in total. The van der Waals surface area contributed by atoms with Crippen LogP contribution in [-0.4, -0.2) is 32.4 Å². The first-order valence-electron chi connectivity index (χ1n) is 9.52. The summed E-state index contributed by atoms with van der Waals surface area (Å²) in [5.41, 5.74) is 0.689. The highest BCUT2D eigenvalue weighted by molar-refractivity contribution is 6.31. The van der Waals surface area contributed by atoms with Crippen molar-refractivity contribution >= 4 is 29.0 Å². The van der Waals surface area contributed by atoms with Gasteiger partial charge in [-0.15, -0.1) is 0 Å². The number of hydrogen-bond donors (Lipinski definition) is 2. The van der Waals surface area contributed by atoms with Crippen LogP contribution in [0.1, 0.15) is 31.2 Å². The van der Waals surface area contributed by atoms with Crippen molar-refractivity contribution in [1.82, 2.24) is 0 Å². The SMILES string of the molecule is COc1cccc(NC(=O)C[NH+](C)[C@]2(c3ccccc3Cl)CCCCC2=O)c1. The molecule has 1 saturated carbocycles. The van der Waals surface area contributed by atoms with Gasteiger partial charge in [-0.1, -0.05) is 35.9 Å². The van der Waals surface area contributed by atoms with E-state index >= 15 is 0 Å². The Morgan fingerprint density at radius 2 is 2.00 bits per heavy atom. The number of rotatable bonds is 6. The van der Waals surface area contributed by atoms with E-state index in [4.69, 9.17) is 16.3 Å². The molecule has 1 aliphatic carbocycles. The second-order valence-electron chi connectivity index (χ2n) is 7.25. The third-order valence-electron chi connectivity index (χ3n) is 5.52. The summed E-state index contributed by atoms with van der Waals surface area (Å²) in [4.78, 5) is 26.7. The second kappa shape index (κ2) is 8.76. The van der Waals surface area contributed by atoms with Gasteiger partial charge in [0.25, 0.3) is 5.91 Å². The Kier molecular flexibility index (Phi) is 6.37. The van der Waals surface area contributed by atoms with E-state index in [0.717, 1.165) is 23.3 Å². The average molecular weight is 402 g/mol. The fourth-order valence-electron chi connectivity index (χ4n) is 4.10. The number of quaternary nitrogens is 1. The number of hydrogen-bond acceptors (Lipinski definition) is 3. The molecule has 28 heavy (non-hydrogen) atoms. The Morgan fingerprint density at radius 3 is 2.71 bits per heavy atom. The summed E-state index contributed by atoms with van der Waals surface area (Å²) in [6.07, 6.45) is 3.02. The second-order valence-corrected chi connectivity index (χ2v) is 7.66. The number of ether oxygens (including phenoxy) is 1. The third-order valence-corrected chi connectivity index (χ3v) is 5.85. The van der Waals surface area contributed by atoms with Gasteiger partial charge in [0.05, 0.1) is 19.2 Å². The van der Waals surface area contributed by atoms with Crippen molar-refractivity contribution < 1.29 is 19.2 Å². The summed E-state index contributed by atoms with van der Waals surface area (Å²) < 4.78 is 5.20. The molecule has 2 atom stereocenters. The molecule has 1 aliphatic rings. The predicted molar refractivity (Wildman–Crippen MR) is 110 cm³/mol. The smallest absolute Gasteiger partial charge is 0.279 e. The van der Waals surface area contributed by atoms with Crippen LogP contribution in [0.2, 0.25) is 5.02 Å². The molecule has 0 spiro atoms. The number of halogens is 1. The van der Waals surface area contributed by atoms with Crippen molar-refractivity contribution in [2.75, 3.05) is 26.0 Å². The van der Waals surface area contributed by atoms with Crippen LogP contribution >= 0.6 is 11.6 Å². The Bertz CT molecular complexity index is 870. The summed E-state index contributed by atoms with van der Waals surface area (Å²) in [6.45, 7) is 0.161. The zero-order valence-electron chi connectivity index (χ0n) is 16.3. The number of methoxy groups -OCH3 is 1. The first-order valence-corrected chi connectivity index (χ1v) is 9.90. The molecule has 6 heteroatoms. The fraction of sp³-hybridized carbons (Fsp3) is 0.364. The van der Waals surface area contributed by atoms with Crippen molar-refractivity contribution in [3.63, 3.8) is 0 Å². The van der Waals surface area contributed by atoms with E-state index in [-0.39, 0.29) is 18.2 Å². The number of carbonyl (C=O) groups is 2. The Morgan fingerprint density at radius 1 is 1.21 bits per heavy atom. The summed E-state index contributed by atoms with van der Waals surface area (Å²) in [6, 6.07) is 14.7. The van der Waals surface area contributed by atoms with E-state index < -0.39 is 5.54 Å². The van der Waals surface area contributed by atoms with Crippen LogP contribution < -0.4 is 15.0 Å². The maximum Gasteiger partial charge on any atom is 0.279 e. The predicted octanol–water partition coefficient (Wildman–Crippen LogP) is 2.84. The number of nitrogens with one attached hydrogen (secondary N) is 2. The van der Waals surface area contributed by atoms with Crippen LogP contribution in [0.3, 0.4) is 0 Å². The molecule has 0 aliphatic heterocycles. The van der Waals surface area contributed by atoms with E-state index in [9.17, 15) is 9.59 Å². The number of likely N-dealkylation sites (N-methyl/N-ethyl adjacent to an activating group) is 1. The molecule has 0 heterocycles. The minimum atomic E-state index is -0.789. The first kappa shape index (κ1) is 20.4. The van der Waals surface area contributed by atoms with Crippen LogP contribution in [0, 0.1) is 0 Å². The quantitative estimate of drug-likeness (QED) is 0.782. The summed E-state index contributed by atoms with van der Waals surface area (Å²) in [5, 5.41) is 3.48. The van der Waals surface area contributed by atoms with Gasteiger partial charge in [0.2, 0.25) is 0 Å². The van der Waals surface area contributed by atoms with E-state index in [1.807, 2.05) is 49.5 Å². The molecule has 2 aromatic carbocycles. The highest BCUT2D eigenvalue weighted by Crippen LogP contribution is 2.35. The molecule has 1 amide bonds. The largest absolute Gasteiger partial charge is 0.497 e. The molecule has 1 fully saturated rings. The summed E-state index contributed by atoms with van der Waals surface area (Å²) in [5.74, 6) is 0.669. The number of benzene rings is 2. The van der Waals surface area contributed by atoms with Gasteiger partial charge in [-0.3, -0.25) is 9.59 Å². The van der Waals surface area contributed by atoms with Gasteiger partial charge >= 0.3 is 0 Å². The van der Waals surface area contributed by atoms with Gasteiger partial charge < -0.3 is 15.0 Å². The van der Waals surface area contributed by atoms with Crippen molar-refractivity contribution in [1.29, 1.82) is 0 Å². The number of anilines is 1. The van der Waals surface area contributed by atoms with E-state index in [2.05, 4.69) is 5.32 Å². The average Bonchev–Trinajstić information content (AvgIpc) is 2.69.